The molecule has 2 aliphatic heterocycles. The van der Waals surface area contributed by atoms with Gasteiger partial charge in [-0.3, -0.25) is 4.79 Å². The number of rotatable bonds is 5. The third-order valence-corrected chi connectivity index (χ3v) is 6.78. The van der Waals surface area contributed by atoms with E-state index in [0.29, 0.717) is 54.9 Å². The molecule has 0 bridgehead atoms. The Hall–Kier alpha value is -3.49. The summed E-state index contributed by atoms with van der Waals surface area (Å²) in [6.07, 6.45) is -1.49. The molecule has 0 fully saturated rings. The number of hydrogen-bond donors (Lipinski definition) is 2. The van der Waals surface area contributed by atoms with Crippen molar-refractivity contribution in [2.24, 2.45) is 0 Å². The molecule has 0 aliphatic carbocycles. The van der Waals surface area contributed by atoms with Crippen LogP contribution in [0.1, 0.15) is 56.7 Å². The van der Waals surface area contributed by atoms with E-state index >= 15 is 0 Å². The second kappa shape index (κ2) is 9.28. The number of anilines is 2. The lowest BCUT2D eigenvalue weighted by Crippen LogP contribution is -2.39. The second-order valence-corrected chi connectivity index (χ2v) is 8.81. The standard InChI is InChI=1S/C26H28F3N3O3/c1-4-25(5-2)14-16(18-11-10-17(26(27,28)29)13-22(18)35-25)12-23(33)30-20-8-7-9-21-19(20)15-32(6-3)24(34)31-21/h7-13H,4-6,14-15H2,1-3H3,(H,30,33)(H,31,34). The van der Waals surface area contributed by atoms with Crippen LogP contribution in [0.3, 0.4) is 0 Å². The van der Waals surface area contributed by atoms with Gasteiger partial charge in [-0.05, 0) is 49.6 Å². The molecule has 0 atom stereocenters. The molecule has 6 nitrogen and oxygen atoms in total. The summed E-state index contributed by atoms with van der Waals surface area (Å²) in [7, 11) is 0. The maximum atomic E-state index is 13.3. The van der Waals surface area contributed by atoms with E-state index in [-0.39, 0.29) is 11.8 Å². The molecule has 0 unspecified atom stereocenters. The normalized spacial score (nSPS) is 17.8. The smallest absolute Gasteiger partial charge is 0.416 e. The number of carbonyl (C=O) groups excluding carboxylic acids is 2. The first-order chi connectivity index (χ1) is 16.6. The fraction of sp³-hybridized carbons (Fsp3) is 0.385. The number of alkyl halides is 3. The number of nitrogens with zero attached hydrogens (tertiary/aromatic N) is 1. The zero-order valence-corrected chi connectivity index (χ0v) is 19.9. The maximum absolute atomic E-state index is 13.3. The largest absolute Gasteiger partial charge is 0.486 e. The Morgan fingerprint density at radius 2 is 1.94 bits per heavy atom. The Labute approximate surface area is 202 Å². The van der Waals surface area contributed by atoms with E-state index in [1.165, 1.54) is 12.1 Å². The van der Waals surface area contributed by atoms with Gasteiger partial charge in [0.2, 0.25) is 5.91 Å². The monoisotopic (exact) mass is 487 g/mol. The van der Waals surface area contributed by atoms with Gasteiger partial charge >= 0.3 is 12.2 Å². The summed E-state index contributed by atoms with van der Waals surface area (Å²) in [5.41, 5.74) is 1.61. The molecule has 9 heteroatoms. The van der Waals surface area contributed by atoms with Crippen molar-refractivity contribution in [2.45, 2.75) is 58.4 Å². The third-order valence-electron chi connectivity index (χ3n) is 6.78. The van der Waals surface area contributed by atoms with Crippen LogP contribution in [-0.2, 0) is 17.5 Å². The Morgan fingerprint density at radius 1 is 1.20 bits per heavy atom. The molecular formula is C26H28F3N3O3. The van der Waals surface area contributed by atoms with Gasteiger partial charge in [-0.2, -0.15) is 13.2 Å². The molecule has 0 aromatic heterocycles. The molecular weight excluding hydrogens is 459 g/mol. The van der Waals surface area contributed by atoms with Gasteiger partial charge in [0.05, 0.1) is 12.1 Å². The Balaban J connectivity index is 1.68. The minimum Gasteiger partial charge on any atom is -0.486 e. The summed E-state index contributed by atoms with van der Waals surface area (Å²) in [6, 6.07) is 8.47. The summed E-state index contributed by atoms with van der Waals surface area (Å²) >= 11 is 0. The highest BCUT2D eigenvalue weighted by Gasteiger charge is 2.38. The Morgan fingerprint density at radius 3 is 2.60 bits per heavy atom. The van der Waals surface area contributed by atoms with Crippen molar-refractivity contribution >= 4 is 28.9 Å². The van der Waals surface area contributed by atoms with Gasteiger partial charge in [-0.15, -0.1) is 0 Å². The molecule has 2 aromatic carbocycles. The molecule has 0 spiro atoms. The molecule has 4 rings (SSSR count). The predicted octanol–water partition coefficient (Wildman–Crippen LogP) is 6.44. The minimum absolute atomic E-state index is 0.132. The molecule has 186 valence electrons. The van der Waals surface area contributed by atoms with E-state index in [1.54, 1.807) is 23.1 Å². The SMILES string of the molecule is CCN1Cc2c(NC(=O)C=C3CC(CC)(CC)Oc4cc(C(F)(F)F)ccc43)cccc2NC1=O. The van der Waals surface area contributed by atoms with E-state index in [1.807, 2.05) is 20.8 Å². The highest BCUT2D eigenvalue weighted by Crippen LogP contribution is 2.45. The first-order valence-corrected chi connectivity index (χ1v) is 11.7. The van der Waals surface area contributed by atoms with Crippen LogP contribution in [0.25, 0.3) is 5.57 Å². The quantitative estimate of drug-likeness (QED) is 0.477. The number of nitrogens with one attached hydrogen (secondary N) is 2. The molecule has 0 radical (unpaired) electrons. The van der Waals surface area contributed by atoms with E-state index in [2.05, 4.69) is 10.6 Å². The number of carbonyl (C=O) groups is 2. The highest BCUT2D eigenvalue weighted by atomic mass is 19.4. The summed E-state index contributed by atoms with van der Waals surface area (Å²) in [5.74, 6) is -0.269. The zero-order chi connectivity index (χ0) is 25.4. The number of hydrogen-bond acceptors (Lipinski definition) is 3. The van der Waals surface area contributed by atoms with Crippen LogP contribution < -0.4 is 15.4 Å². The average Bonchev–Trinajstić information content (AvgIpc) is 2.82. The number of ether oxygens (including phenoxy) is 1. The van der Waals surface area contributed by atoms with E-state index in [0.717, 1.165) is 17.7 Å². The fourth-order valence-electron chi connectivity index (χ4n) is 4.56. The molecule has 2 heterocycles. The number of amides is 3. The van der Waals surface area contributed by atoms with Crippen LogP contribution in [0.2, 0.25) is 0 Å². The molecule has 2 aromatic rings. The van der Waals surface area contributed by atoms with Gasteiger partial charge < -0.3 is 20.3 Å². The summed E-state index contributed by atoms with van der Waals surface area (Å²) < 4.78 is 46.0. The summed E-state index contributed by atoms with van der Waals surface area (Å²) in [4.78, 5) is 26.9. The lowest BCUT2D eigenvalue weighted by molar-refractivity contribution is -0.137. The number of urea groups is 1. The zero-order valence-electron chi connectivity index (χ0n) is 19.9. The molecule has 3 amide bonds. The highest BCUT2D eigenvalue weighted by molar-refractivity contribution is 6.06. The first kappa shape index (κ1) is 24.6. The van der Waals surface area contributed by atoms with Gasteiger partial charge in [0.25, 0.3) is 0 Å². The summed E-state index contributed by atoms with van der Waals surface area (Å²) in [6.45, 7) is 6.59. The predicted molar refractivity (Wildman–Crippen MR) is 128 cm³/mol. The topological polar surface area (TPSA) is 70.7 Å². The third kappa shape index (κ3) is 4.85. The minimum atomic E-state index is -4.49. The van der Waals surface area contributed by atoms with Crippen LogP contribution in [0.5, 0.6) is 5.75 Å². The van der Waals surface area contributed by atoms with Crippen LogP contribution in [-0.4, -0.2) is 29.0 Å². The Bertz CT molecular complexity index is 1190. The number of halogens is 3. The van der Waals surface area contributed by atoms with Crippen molar-refractivity contribution in [1.29, 1.82) is 0 Å². The number of fused-ring (bicyclic) bond motifs is 2. The van der Waals surface area contributed by atoms with Crippen LogP contribution >= 0.6 is 0 Å². The van der Waals surface area contributed by atoms with Crippen LogP contribution in [0, 0.1) is 0 Å². The van der Waals surface area contributed by atoms with Gasteiger partial charge in [-0.1, -0.05) is 26.0 Å². The lowest BCUT2D eigenvalue weighted by Gasteiger charge is -2.39. The molecule has 35 heavy (non-hydrogen) atoms. The van der Waals surface area contributed by atoms with Gasteiger partial charge in [0.15, 0.2) is 0 Å². The van der Waals surface area contributed by atoms with Crippen molar-refractivity contribution < 1.29 is 27.5 Å². The fourth-order valence-corrected chi connectivity index (χ4v) is 4.56. The molecule has 0 saturated heterocycles. The van der Waals surface area contributed by atoms with Gasteiger partial charge in [-0.25, -0.2) is 4.79 Å². The first-order valence-electron chi connectivity index (χ1n) is 11.7. The molecule has 2 aliphatic rings. The second-order valence-electron chi connectivity index (χ2n) is 8.81. The van der Waals surface area contributed by atoms with Gasteiger partial charge in [0, 0.05) is 41.5 Å². The van der Waals surface area contributed by atoms with Crippen molar-refractivity contribution in [3.63, 3.8) is 0 Å². The lowest BCUT2D eigenvalue weighted by atomic mass is 9.83. The van der Waals surface area contributed by atoms with Crippen LogP contribution in [0.4, 0.5) is 29.3 Å². The van der Waals surface area contributed by atoms with E-state index in [9.17, 15) is 22.8 Å². The Kier molecular flexibility index (Phi) is 6.53. The van der Waals surface area contributed by atoms with Crippen molar-refractivity contribution in [3.05, 3.63) is 59.2 Å². The van der Waals surface area contributed by atoms with E-state index < -0.39 is 23.2 Å². The molecule has 0 saturated carbocycles. The molecule has 2 N–H and O–H groups in total. The van der Waals surface area contributed by atoms with Gasteiger partial charge in [0.1, 0.15) is 11.4 Å². The van der Waals surface area contributed by atoms with Crippen molar-refractivity contribution in [2.75, 3.05) is 17.2 Å². The maximum Gasteiger partial charge on any atom is 0.416 e. The summed E-state index contributed by atoms with van der Waals surface area (Å²) in [5, 5.41) is 5.72. The average molecular weight is 488 g/mol. The van der Waals surface area contributed by atoms with Crippen molar-refractivity contribution in [3.8, 4) is 5.75 Å². The van der Waals surface area contributed by atoms with Crippen molar-refractivity contribution in [1.82, 2.24) is 4.90 Å². The number of benzene rings is 2. The van der Waals surface area contributed by atoms with Crippen LogP contribution in [0.15, 0.2) is 42.5 Å². The van der Waals surface area contributed by atoms with E-state index in [4.69, 9.17) is 4.74 Å².